The van der Waals surface area contributed by atoms with Crippen LogP contribution in [0.5, 0.6) is 5.88 Å². The number of halogens is 5. The summed E-state index contributed by atoms with van der Waals surface area (Å²) in [5, 5.41) is 2.87. The summed E-state index contributed by atoms with van der Waals surface area (Å²) in [4.78, 5) is 3.51. The summed E-state index contributed by atoms with van der Waals surface area (Å²) >= 11 is 0. The van der Waals surface area contributed by atoms with Crippen LogP contribution in [0.25, 0.3) is 0 Å². The number of aromatic nitrogens is 1. The van der Waals surface area contributed by atoms with E-state index in [0.29, 0.717) is 6.20 Å². The molecular weight excluding hydrogens is 283 g/mol. The molecule has 1 saturated heterocycles. The highest BCUT2D eigenvalue weighted by Crippen LogP contribution is 2.30. The summed E-state index contributed by atoms with van der Waals surface area (Å²) in [5.41, 5.74) is -0.882. The minimum Gasteiger partial charge on any atom is -0.476 e. The number of pyridine rings is 1. The standard InChI is InChI=1S/C12H13F5N2O/c13-11(14)3-4-18-9(5-11)7-20-10-2-1-8(6-19-10)12(15,16)17/h1-2,6,9,18H,3-5,7H2. The second kappa shape index (κ2) is 5.51. The molecule has 1 unspecified atom stereocenters. The van der Waals surface area contributed by atoms with Crippen molar-refractivity contribution in [3.8, 4) is 5.88 Å². The number of nitrogens with zero attached hydrogens (tertiary/aromatic N) is 1. The zero-order chi connectivity index (χ0) is 14.8. The molecule has 20 heavy (non-hydrogen) atoms. The van der Waals surface area contributed by atoms with Crippen molar-refractivity contribution in [3.05, 3.63) is 23.9 Å². The van der Waals surface area contributed by atoms with Gasteiger partial charge in [0, 0.05) is 37.7 Å². The Morgan fingerprint density at radius 2 is 2.10 bits per heavy atom. The minimum atomic E-state index is -4.46. The molecule has 0 radical (unpaired) electrons. The summed E-state index contributed by atoms with van der Waals surface area (Å²) in [6.07, 6.45) is -4.38. The fourth-order valence-corrected chi connectivity index (χ4v) is 1.93. The second-order valence-corrected chi connectivity index (χ2v) is 4.65. The van der Waals surface area contributed by atoms with Crippen molar-refractivity contribution < 1.29 is 26.7 Å². The Kier molecular flexibility index (Phi) is 4.12. The topological polar surface area (TPSA) is 34.1 Å². The monoisotopic (exact) mass is 296 g/mol. The Morgan fingerprint density at radius 3 is 2.65 bits per heavy atom. The number of hydrogen-bond acceptors (Lipinski definition) is 3. The first kappa shape index (κ1) is 15.0. The van der Waals surface area contributed by atoms with Crippen molar-refractivity contribution >= 4 is 0 Å². The first-order valence-corrected chi connectivity index (χ1v) is 6.03. The lowest BCUT2D eigenvalue weighted by atomic mass is 10.0. The van der Waals surface area contributed by atoms with Crippen molar-refractivity contribution in [3.63, 3.8) is 0 Å². The molecule has 0 aliphatic carbocycles. The molecule has 2 heterocycles. The molecular formula is C12H13F5N2O. The Hall–Kier alpha value is -1.44. The van der Waals surface area contributed by atoms with Gasteiger partial charge >= 0.3 is 6.18 Å². The molecule has 1 aliphatic rings. The minimum absolute atomic E-state index is 0.0197. The van der Waals surface area contributed by atoms with Crippen molar-refractivity contribution in [1.29, 1.82) is 0 Å². The van der Waals surface area contributed by atoms with Crippen LogP contribution in [0.3, 0.4) is 0 Å². The molecule has 1 atom stereocenters. The van der Waals surface area contributed by atoms with Gasteiger partial charge in [-0.15, -0.1) is 0 Å². The number of piperidine rings is 1. The summed E-state index contributed by atoms with van der Waals surface area (Å²) < 4.78 is 68.3. The van der Waals surface area contributed by atoms with Gasteiger partial charge in [0.2, 0.25) is 5.88 Å². The third-order valence-electron chi connectivity index (χ3n) is 2.96. The van der Waals surface area contributed by atoms with Gasteiger partial charge in [0.05, 0.1) is 5.56 Å². The lowest BCUT2D eigenvalue weighted by Gasteiger charge is -2.29. The van der Waals surface area contributed by atoms with Gasteiger partial charge in [0.1, 0.15) is 6.61 Å². The summed E-state index contributed by atoms with van der Waals surface area (Å²) in [6.45, 7) is 0.120. The molecule has 0 bridgehead atoms. The molecule has 0 spiro atoms. The van der Waals surface area contributed by atoms with Crippen LogP contribution in [0.2, 0.25) is 0 Å². The van der Waals surface area contributed by atoms with Crippen LogP contribution in [0.1, 0.15) is 18.4 Å². The van der Waals surface area contributed by atoms with Crippen LogP contribution in [-0.2, 0) is 6.18 Å². The number of nitrogens with one attached hydrogen (secondary N) is 1. The first-order valence-electron chi connectivity index (χ1n) is 6.03. The van der Waals surface area contributed by atoms with Gasteiger partial charge in [0.25, 0.3) is 5.92 Å². The van der Waals surface area contributed by atoms with Crippen LogP contribution >= 0.6 is 0 Å². The molecule has 2 rings (SSSR count). The van der Waals surface area contributed by atoms with Crippen LogP contribution in [0, 0.1) is 0 Å². The number of alkyl halides is 5. The lowest BCUT2D eigenvalue weighted by Crippen LogP contribution is -2.46. The van der Waals surface area contributed by atoms with Crippen LogP contribution in [0.15, 0.2) is 18.3 Å². The molecule has 8 heteroatoms. The van der Waals surface area contributed by atoms with E-state index in [1.54, 1.807) is 0 Å². The summed E-state index contributed by atoms with van der Waals surface area (Å²) in [6, 6.07) is 1.37. The maximum Gasteiger partial charge on any atom is 0.417 e. The quantitative estimate of drug-likeness (QED) is 0.871. The Morgan fingerprint density at radius 1 is 1.35 bits per heavy atom. The first-order chi connectivity index (χ1) is 9.26. The third-order valence-corrected chi connectivity index (χ3v) is 2.96. The Labute approximate surface area is 112 Å². The molecule has 3 nitrogen and oxygen atoms in total. The zero-order valence-electron chi connectivity index (χ0n) is 10.4. The van der Waals surface area contributed by atoms with Crippen molar-refractivity contribution in [1.82, 2.24) is 10.3 Å². The fourth-order valence-electron chi connectivity index (χ4n) is 1.93. The highest BCUT2D eigenvalue weighted by molar-refractivity contribution is 5.20. The van der Waals surface area contributed by atoms with Gasteiger partial charge < -0.3 is 10.1 Å². The molecule has 1 aliphatic heterocycles. The highest BCUT2D eigenvalue weighted by Gasteiger charge is 2.36. The van der Waals surface area contributed by atoms with E-state index in [2.05, 4.69) is 10.3 Å². The molecule has 1 aromatic rings. The van der Waals surface area contributed by atoms with Crippen LogP contribution in [-0.4, -0.2) is 30.1 Å². The predicted octanol–water partition coefficient (Wildman–Crippen LogP) is 2.87. The molecule has 1 aromatic heterocycles. The van der Waals surface area contributed by atoms with Crippen molar-refractivity contribution in [2.24, 2.45) is 0 Å². The summed E-state index contributed by atoms with van der Waals surface area (Å²) in [5.74, 6) is -2.75. The van der Waals surface area contributed by atoms with Crippen LogP contribution in [0.4, 0.5) is 22.0 Å². The largest absolute Gasteiger partial charge is 0.476 e. The van der Waals surface area contributed by atoms with E-state index >= 15 is 0 Å². The molecule has 1 N–H and O–H groups in total. The number of hydrogen-bond donors (Lipinski definition) is 1. The second-order valence-electron chi connectivity index (χ2n) is 4.65. The van der Waals surface area contributed by atoms with E-state index in [0.717, 1.165) is 12.1 Å². The summed E-state index contributed by atoms with van der Waals surface area (Å²) in [7, 11) is 0. The molecule has 0 aromatic carbocycles. The molecule has 0 saturated carbocycles. The van der Waals surface area contributed by atoms with Gasteiger partial charge in [-0.25, -0.2) is 13.8 Å². The number of ether oxygens (including phenoxy) is 1. The highest BCUT2D eigenvalue weighted by atomic mass is 19.4. The predicted molar refractivity (Wildman–Crippen MR) is 60.7 cm³/mol. The van der Waals surface area contributed by atoms with Gasteiger partial charge in [0.15, 0.2) is 0 Å². The maximum atomic E-state index is 13.1. The van der Waals surface area contributed by atoms with E-state index < -0.39 is 23.7 Å². The SMILES string of the molecule is FC1(F)CCNC(COc2ccc(C(F)(F)F)cn2)C1. The van der Waals surface area contributed by atoms with E-state index in [4.69, 9.17) is 4.74 Å². The van der Waals surface area contributed by atoms with Crippen molar-refractivity contribution in [2.45, 2.75) is 31.0 Å². The van der Waals surface area contributed by atoms with E-state index in [1.807, 2.05) is 0 Å². The van der Waals surface area contributed by atoms with Gasteiger partial charge in [-0.05, 0) is 6.07 Å². The van der Waals surface area contributed by atoms with Crippen molar-refractivity contribution in [2.75, 3.05) is 13.2 Å². The molecule has 112 valence electrons. The van der Waals surface area contributed by atoms with Gasteiger partial charge in [-0.1, -0.05) is 0 Å². The average Bonchev–Trinajstić information content (AvgIpc) is 2.35. The van der Waals surface area contributed by atoms with Gasteiger partial charge in [-0.2, -0.15) is 13.2 Å². The number of rotatable bonds is 3. The maximum absolute atomic E-state index is 13.1. The van der Waals surface area contributed by atoms with E-state index in [9.17, 15) is 22.0 Å². The van der Waals surface area contributed by atoms with E-state index in [1.165, 1.54) is 0 Å². The Balaban J connectivity index is 1.88. The smallest absolute Gasteiger partial charge is 0.417 e. The Bertz CT molecular complexity index is 446. The lowest BCUT2D eigenvalue weighted by molar-refractivity contribution is -0.137. The molecule has 1 fully saturated rings. The van der Waals surface area contributed by atoms with E-state index in [-0.39, 0.29) is 31.9 Å². The molecule has 0 amide bonds. The zero-order valence-corrected chi connectivity index (χ0v) is 10.4. The average molecular weight is 296 g/mol. The van der Waals surface area contributed by atoms with Crippen LogP contribution < -0.4 is 10.1 Å². The van der Waals surface area contributed by atoms with Gasteiger partial charge in [-0.3, -0.25) is 0 Å². The third kappa shape index (κ3) is 4.03. The fraction of sp³-hybridized carbons (Fsp3) is 0.583. The normalized spacial score (nSPS) is 22.6.